The number of ether oxygens (including phenoxy) is 2. The van der Waals surface area contributed by atoms with Crippen LogP contribution in [0.5, 0.6) is 5.75 Å². The highest BCUT2D eigenvalue weighted by Crippen LogP contribution is 2.41. The van der Waals surface area contributed by atoms with Crippen LogP contribution in [0, 0.1) is 0 Å². The molecule has 2 atom stereocenters. The molecule has 176 valence electrons. The van der Waals surface area contributed by atoms with Crippen molar-refractivity contribution in [2.45, 2.75) is 22.7 Å². The summed E-state index contributed by atoms with van der Waals surface area (Å²) in [6.07, 6.45) is 0. The van der Waals surface area contributed by atoms with Gasteiger partial charge in [-0.05, 0) is 31.2 Å². The zero-order valence-corrected chi connectivity index (χ0v) is 19.9. The number of hydrogen-bond donors (Lipinski definition) is 2. The number of hydrogen-bond acceptors (Lipinski definition) is 8. The molecule has 0 radical (unpaired) electrons. The van der Waals surface area contributed by atoms with Gasteiger partial charge in [0.25, 0.3) is 11.8 Å². The summed E-state index contributed by atoms with van der Waals surface area (Å²) < 4.78 is 12.2. The number of aliphatic carboxylic acids is 1. The van der Waals surface area contributed by atoms with Crippen molar-refractivity contribution in [1.29, 1.82) is 0 Å². The van der Waals surface area contributed by atoms with Crippen LogP contribution in [0.4, 0.5) is 0 Å². The van der Waals surface area contributed by atoms with Crippen molar-refractivity contribution in [2.24, 2.45) is 0 Å². The molecule has 4 rings (SSSR count). The van der Waals surface area contributed by atoms with Crippen molar-refractivity contribution in [3.05, 3.63) is 66.1 Å². The number of thioether (sulfide) groups is 1. The summed E-state index contributed by atoms with van der Waals surface area (Å²) in [4.78, 5) is 43.2. The SMILES string of the molecule is CO/C(C)=C(\C(=O)O)N1C(=O)C(NC(=O)COc2ccccc2)C1Sc1nc2ccccc2s1. The molecule has 1 aliphatic heterocycles. The molecule has 1 saturated heterocycles. The number of benzene rings is 2. The number of thiazole rings is 1. The second kappa shape index (κ2) is 10.1. The van der Waals surface area contributed by atoms with Gasteiger partial charge in [-0.3, -0.25) is 14.5 Å². The lowest BCUT2D eigenvalue weighted by atomic mass is 10.1. The van der Waals surface area contributed by atoms with Gasteiger partial charge in [-0.15, -0.1) is 11.3 Å². The zero-order valence-electron chi connectivity index (χ0n) is 18.3. The molecule has 0 spiro atoms. The first kappa shape index (κ1) is 23.6. The monoisotopic (exact) mass is 499 g/mol. The van der Waals surface area contributed by atoms with Gasteiger partial charge in [-0.2, -0.15) is 0 Å². The lowest BCUT2D eigenvalue weighted by Gasteiger charge is -2.46. The van der Waals surface area contributed by atoms with Crippen LogP contribution in [0.1, 0.15) is 6.92 Å². The van der Waals surface area contributed by atoms with Gasteiger partial charge in [0.05, 0.1) is 17.3 Å². The molecule has 0 aliphatic carbocycles. The molecule has 0 saturated carbocycles. The number of β-lactam (4-membered cyclic amide) rings is 1. The standard InChI is InChI=1S/C23H21N3O6S2/c1-13(31-2)19(22(29)30)26-20(28)18(25-17(27)12-32-14-8-4-3-5-9-14)21(26)34-23-24-15-10-6-7-11-16(15)33-23/h3-11,18,21H,12H2,1-2H3,(H,25,27)(H,29,30)/b19-13+. The summed E-state index contributed by atoms with van der Waals surface area (Å²) in [5.74, 6) is -1.76. The van der Waals surface area contributed by atoms with E-state index in [-0.39, 0.29) is 18.1 Å². The highest BCUT2D eigenvalue weighted by molar-refractivity contribution is 8.01. The molecule has 2 unspecified atom stereocenters. The lowest BCUT2D eigenvalue weighted by molar-refractivity contribution is -0.151. The molecule has 1 aromatic heterocycles. The summed E-state index contributed by atoms with van der Waals surface area (Å²) in [5, 5.41) is 11.7. The lowest BCUT2D eigenvalue weighted by Crippen LogP contribution is -2.69. The van der Waals surface area contributed by atoms with Crippen molar-refractivity contribution in [1.82, 2.24) is 15.2 Å². The highest BCUT2D eigenvalue weighted by Gasteiger charge is 2.53. The quantitative estimate of drug-likeness (QED) is 0.262. The van der Waals surface area contributed by atoms with Crippen molar-refractivity contribution >= 4 is 51.1 Å². The Morgan fingerprint density at radius 2 is 1.88 bits per heavy atom. The Labute approximate surface area is 203 Å². The summed E-state index contributed by atoms with van der Waals surface area (Å²) in [6.45, 7) is 1.18. The number of aromatic nitrogens is 1. The van der Waals surface area contributed by atoms with Crippen LogP contribution >= 0.6 is 23.1 Å². The number of nitrogens with one attached hydrogen (secondary N) is 1. The molecule has 11 heteroatoms. The van der Waals surface area contributed by atoms with Gasteiger partial charge < -0.3 is 19.9 Å². The van der Waals surface area contributed by atoms with Crippen LogP contribution in [0.25, 0.3) is 10.2 Å². The van der Waals surface area contributed by atoms with Crippen LogP contribution in [0.15, 0.2) is 70.4 Å². The molecule has 2 heterocycles. The first-order valence-corrected chi connectivity index (χ1v) is 11.9. The van der Waals surface area contributed by atoms with E-state index in [1.165, 1.54) is 37.1 Å². The highest BCUT2D eigenvalue weighted by atomic mass is 32.2. The summed E-state index contributed by atoms with van der Waals surface area (Å²) >= 11 is 2.63. The molecule has 1 fully saturated rings. The van der Waals surface area contributed by atoms with Crippen molar-refractivity contribution in [3.63, 3.8) is 0 Å². The van der Waals surface area contributed by atoms with E-state index in [0.29, 0.717) is 10.1 Å². The van der Waals surface area contributed by atoms with E-state index < -0.39 is 29.2 Å². The van der Waals surface area contributed by atoms with Crippen LogP contribution in [0.3, 0.4) is 0 Å². The molecule has 2 aromatic carbocycles. The van der Waals surface area contributed by atoms with Gasteiger partial charge in [-0.25, -0.2) is 9.78 Å². The normalized spacial score (nSPS) is 18.2. The number of carboxylic acids is 1. The third-order valence-corrected chi connectivity index (χ3v) is 7.44. The van der Waals surface area contributed by atoms with Gasteiger partial charge in [0, 0.05) is 0 Å². The van der Waals surface area contributed by atoms with Crippen LogP contribution in [0.2, 0.25) is 0 Å². The Morgan fingerprint density at radius 1 is 1.18 bits per heavy atom. The molecular formula is C23H21N3O6S2. The van der Waals surface area contributed by atoms with Gasteiger partial charge >= 0.3 is 5.97 Å². The van der Waals surface area contributed by atoms with Gasteiger partial charge in [0.1, 0.15) is 22.9 Å². The number of methoxy groups -OCH3 is 1. The first-order valence-electron chi connectivity index (χ1n) is 10.2. The molecule has 1 aliphatic rings. The van der Waals surface area contributed by atoms with Gasteiger partial charge in [0.15, 0.2) is 16.6 Å². The molecule has 2 amide bonds. The number of carbonyl (C=O) groups excluding carboxylic acids is 2. The van der Waals surface area contributed by atoms with Crippen LogP contribution in [-0.4, -0.2) is 57.9 Å². The fourth-order valence-corrected chi connectivity index (χ4v) is 5.81. The zero-order chi connectivity index (χ0) is 24.2. The summed E-state index contributed by atoms with van der Waals surface area (Å²) in [7, 11) is 1.33. The maximum absolute atomic E-state index is 13.0. The van der Waals surface area contributed by atoms with Crippen LogP contribution in [-0.2, 0) is 19.1 Å². The fraction of sp³-hybridized carbons (Fsp3) is 0.217. The number of amides is 2. The predicted octanol–water partition coefficient (Wildman–Crippen LogP) is 3.08. The molecule has 3 aromatic rings. The average Bonchev–Trinajstić information content (AvgIpc) is 3.26. The number of carboxylic acid groups (broad SMARTS) is 1. The van der Waals surface area contributed by atoms with Crippen molar-refractivity contribution in [2.75, 3.05) is 13.7 Å². The van der Waals surface area contributed by atoms with E-state index >= 15 is 0 Å². The topological polar surface area (TPSA) is 118 Å². The number of rotatable bonds is 9. The number of fused-ring (bicyclic) bond motifs is 1. The minimum atomic E-state index is -1.31. The Hall–Kier alpha value is -3.57. The van der Waals surface area contributed by atoms with Gasteiger partial charge in [0.2, 0.25) is 0 Å². The minimum Gasteiger partial charge on any atom is -0.499 e. The average molecular weight is 500 g/mol. The molecule has 34 heavy (non-hydrogen) atoms. The van der Waals surface area contributed by atoms with Crippen LogP contribution < -0.4 is 10.1 Å². The summed E-state index contributed by atoms with van der Waals surface area (Å²) in [5.41, 5.74) is 0.517. The Bertz CT molecular complexity index is 1230. The second-order valence-corrected chi connectivity index (χ2v) is 9.62. The second-order valence-electron chi connectivity index (χ2n) is 7.23. The van der Waals surface area contributed by atoms with E-state index in [0.717, 1.165) is 15.1 Å². The van der Waals surface area contributed by atoms with E-state index in [9.17, 15) is 19.5 Å². The van der Waals surface area contributed by atoms with Crippen molar-refractivity contribution < 1.29 is 29.0 Å². The Balaban J connectivity index is 1.56. The number of allylic oxidation sites excluding steroid dienone is 1. The van der Waals surface area contributed by atoms with E-state index in [4.69, 9.17) is 9.47 Å². The first-order chi connectivity index (χ1) is 16.4. The molecular weight excluding hydrogens is 478 g/mol. The molecule has 0 bridgehead atoms. The minimum absolute atomic E-state index is 0.0768. The number of carbonyl (C=O) groups is 3. The number of para-hydroxylation sites is 2. The van der Waals surface area contributed by atoms with E-state index in [2.05, 4.69) is 10.3 Å². The van der Waals surface area contributed by atoms with Gasteiger partial charge in [-0.1, -0.05) is 42.1 Å². The smallest absolute Gasteiger partial charge is 0.356 e. The summed E-state index contributed by atoms with van der Waals surface area (Å²) in [6, 6.07) is 15.4. The molecule has 2 N–H and O–H groups in total. The third kappa shape index (κ3) is 4.85. The number of likely N-dealkylation sites (tertiary alicyclic amines) is 1. The third-order valence-electron chi connectivity index (χ3n) is 5.05. The number of nitrogens with zero attached hydrogens (tertiary/aromatic N) is 2. The fourth-order valence-electron chi connectivity index (χ4n) is 3.36. The maximum Gasteiger partial charge on any atom is 0.356 e. The van der Waals surface area contributed by atoms with E-state index in [1.54, 1.807) is 24.3 Å². The molecule has 9 nitrogen and oxygen atoms in total. The predicted molar refractivity (Wildman–Crippen MR) is 127 cm³/mol. The Morgan fingerprint density at radius 3 is 2.56 bits per heavy atom. The van der Waals surface area contributed by atoms with E-state index in [1.807, 2.05) is 30.3 Å². The largest absolute Gasteiger partial charge is 0.499 e. The maximum atomic E-state index is 13.0. The van der Waals surface area contributed by atoms with Crippen molar-refractivity contribution in [3.8, 4) is 5.75 Å². The Kier molecular flexibility index (Phi) is 7.03.